The van der Waals surface area contributed by atoms with Crippen molar-refractivity contribution in [1.82, 2.24) is 29.1 Å². The van der Waals surface area contributed by atoms with Gasteiger partial charge in [-0.05, 0) is 49.9 Å². The lowest BCUT2D eigenvalue weighted by Gasteiger charge is -2.30. The molecule has 0 radical (unpaired) electrons. The molecule has 2 amide bonds. The van der Waals surface area contributed by atoms with Crippen LogP contribution in [-0.2, 0) is 21.4 Å². The van der Waals surface area contributed by atoms with Gasteiger partial charge in [0.1, 0.15) is 28.8 Å². The molecular weight excluding hydrogens is 683 g/mol. The number of aliphatic hydroxyl groups is 1. The molecule has 4 heterocycles. The summed E-state index contributed by atoms with van der Waals surface area (Å²) in [5, 5.41) is 23.3. The molecule has 16 heteroatoms. The highest BCUT2D eigenvalue weighted by Gasteiger charge is 2.44. The predicted octanol–water partition coefficient (Wildman–Crippen LogP) is 4.24. The Balaban J connectivity index is 1.21. The van der Waals surface area contributed by atoms with Crippen molar-refractivity contribution in [2.24, 2.45) is 5.92 Å². The molecule has 2 saturated heterocycles. The van der Waals surface area contributed by atoms with Gasteiger partial charge in [0.05, 0.1) is 23.1 Å². The molecule has 2 aliphatic rings. The van der Waals surface area contributed by atoms with Gasteiger partial charge in [-0.2, -0.15) is 4.31 Å². The Bertz CT molecular complexity index is 1950. The lowest BCUT2D eigenvalue weighted by atomic mass is 9.97. The minimum atomic E-state index is -4.38. The number of piperidine rings is 1. The number of benzene rings is 2. The molecular formula is C32H34Cl2N6O7S. The maximum absolute atomic E-state index is 14.0. The van der Waals surface area contributed by atoms with Crippen LogP contribution >= 0.6 is 23.2 Å². The van der Waals surface area contributed by atoms with Crippen LogP contribution in [0.2, 0.25) is 10.0 Å². The van der Waals surface area contributed by atoms with E-state index in [2.05, 4.69) is 15.3 Å². The monoisotopic (exact) mass is 716 g/mol. The molecule has 0 unspecified atom stereocenters. The third kappa shape index (κ3) is 6.80. The fourth-order valence-corrected chi connectivity index (χ4v) is 8.72. The quantitative estimate of drug-likeness (QED) is 0.230. The molecule has 2 fully saturated rings. The topological polar surface area (TPSA) is 167 Å². The number of carbonyl (C=O) groups excluding carboxylic acids is 1. The van der Waals surface area contributed by atoms with Gasteiger partial charge in [-0.3, -0.25) is 4.79 Å². The van der Waals surface area contributed by atoms with E-state index in [0.717, 1.165) is 21.1 Å². The van der Waals surface area contributed by atoms with E-state index < -0.39 is 34.2 Å². The van der Waals surface area contributed by atoms with Crippen LogP contribution in [0.3, 0.4) is 0 Å². The number of nitrogens with one attached hydrogen (secondary N) is 1. The lowest BCUT2D eigenvalue weighted by Crippen LogP contribution is -2.48. The minimum Gasteiger partial charge on any atom is -0.487 e. The molecule has 4 aromatic rings. The number of β-amino-alcohol motifs (C(OH)–C–C–N with tert-alkyl or cyclic N) is 1. The second-order valence-electron chi connectivity index (χ2n) is 12.0. The molecule has 13 nitrogen and oxygen atoms in total. The average Bonchev–Trinajstić information content (AvgIpc) is 3.74. The van der Waals surface area contributed by atoms with E-state index >= 15 is 0 Å². The second-order valence-corrected chi connectivity index (χ2v) is 14.6. The van der Waals surface area contributed by atoms with Gasteiger partial charge in [-0.25, -0.2) is 23.2 Å². The van der Waals surface area contributed by atoms with E-state index in [-0.39, 0.29) is 52.5 Å². The number of pyridine rings is 1. The number of aryl methyl sites for hydroxylation is 1. The molecule has 0 saturated carbocycles. The van der Waals surface area contributed by atoms with Gasteiger partial charge in [-0.15, -0.1) is 0 Å². The molecule has 0 bridgehead atoms. The van der Waals surface area contributed by atoms with E-state index in [4.69, 9.17) is 27.9 Å². The third-order valence-electron chi connectivity index (χ3n) is 8.79. The first kappa shape index (κ1) is 33.9. The fourth-order valence-electron chi connectivity index (χ4n) is 6.22. The van der Waals surface area contributed by atoms with E-state index in [1.54, 1.807) is 18.6 Å². The smallest absolute Gasteiger partial charge is 0.407 e. The number of amides is 2. The van der Waals surface area contributed by atoms with Gasteiger partial charge >= 0.3 is 6.09 Å². The Kier molecular flexibility index (Phi) is 9.81. The third-order valence-corrected chi connectivity index (χ3v) is 11.6. The van der Waals surface area contributed by atoms with Gasteiger partial charge in [0.2, 0.25) is 15.9 Å². The number of rotatable bonds is 9. The van der Waals surface area contributed by atoms with E-state index in [1.807, 2.05) is 35.9 Å². The zero-order valence-corrected chi connectivity index (χ0v) is 28.2. The summed E-state index contributed by atoms with van der Waals surface area (Å²) in [6, 6.07) is 8.94. The number of carboxylic acid groups (broad SMARTS) is 1. The number of likely N-dealkylation sites (tertiary alicyclic amines) is 1. The van der Waals surface area contributed by atoms with Crippen molar-refractivity contribution < 1.29 is 33.0 Å². The summed E-state index contributed by atoms with van der Waals surface area (Å²) in [4.78, 5) is 34.3. The van der Waals surface area contributed by atoms with Crippen LogP contribution in [0.15, 0.2) is 60.0 Å². The number of fused-ring (bicyclic) bond motifs is 1. The number of ether oxygens (including phenoxy) is 1. The molecule has 48 heavy (non-hydrogen) atoms. The molecule has 254 valence electrons. The molecule has 2 aromatic carbocycles. The standard InChI is InChI=1S/C32H34Cl2N6O7S/c1-19-13-25(39-12-9-35-18-39)22-3-2-4-27(30(22)37-19)47-17-23-24(33)5-6-28(29(23)34)48(45,46)40-16-21(41)14-26(40)31(42)36-15-20-7-10-38(11-8-20)32(43)44/h2-6,9,12-13,18,20-21,26,41H,7-8,10-11,14-17H2,1H3,(H,36,42)(H,43,44)/t21-,26+/m1/s1. The van der Waals surface area contributed by atoms with Crippen molar-refractivity contribution >= 4 is 56.1 Å². The molecule has 2 aliphatic heterocycles. The number of sulfonamides is 1. The van der Waals surface area contributed by atoms with E-state index in [9.17, 15) is 28.2 Å². The zero-order valence-electron chi connectivity index (χ0n) is 25.9. The Morgan fingerprint density at radius 3 is 2.62 bits per heavy atom. The van der Waals surface area contributed by atoms with E-state index in [1.165, 1.54) is 17.0 Å². The molecule has 6 rings (SSSR count). The highest BCUT2D eigenvalue weighted by atomic mass is 35.5. The van der Waals surface area contributed by atoms with Crippen LogP contribution in [-0.4, -0.2) is 92.7 Å². The first-order valence-electron chi connectivity index (χ1n) is 15.4. The normalized spacial score (nSPS) is 19.1. The number of halogens is 2. The summed E-state index contributed by atoms with van der Waals surface area (Å²) < 4.78 is 37.0. The Morgan fingerprint density at radius 1 is 1.15 bits per heavy atom. The highest BCUT2D eigenvalue weighted by Crippen LogP contribution is 2.37. The molecule has 2 aromatic heterocycles. The van der Waals surface area contributed by atoms with Crippen LogP contribution < -0.4 is 10.1 Å². The van der Waals surface area contributed by atoms with Crippen molar-refractivity contribution in [3.05, 3.63) is 76.4 Å². The number of aromatic nitrogens is 3. The van der Waals surface area contributed by atoms with Crippen LogP contribution in [0.25, 0.3) is 16.6 Å². The van der Waals surface area contributed by atoms with Gasteiger partial charge in [0, 0.05) is 66.7 Å². The van der Waals surface area contributed by atoms with Crippen molar-refractivity contribution in [1.29, 1.82) is 0 Å². The number of para-hydroxylation sites is 1. The molecule has 3 N–H and O–H groups in total. The summed E-state index contributed by atoms with van der Waals surface area (Å²) in [5.41, 5.74) is 2.43. The summed E-state index contributed by atoms with van der Waals surface area (Å²) in [6.45, 7) is 2.40. The van der Waals surface area contributed by atoms with Crippen molar-refractivity contribution in [3.63, 3.8) is 0 Å². The number of imidazole rings is 1. The SMILES string of the molecule is Cc1cc(-n2ccnc2)c2cccc(OCc3c(Cl)ccc(S(=O)(=O)N4C[C@H](O)C[C@H]4C(=O)NCC4CCN(C(=O)O)CC4)c3Cl)c2n1. The van der Waals surface area contributed by atoms with Crippen LogP contribution in [0, 0.1) is 12.8 Å². The van der Waals surface area contributed by atoms with Crippen molar-refractivity contribution in [2.45, 2.75) is 49.8 Å². The Labute approximate surface area is 287 Å². The van der Waals surface area contributed by atoms with Gasteiger partial charge in [0.15, 0.2) is 0 Å². The first-order chi connectivity index (χ1) is 22.9. The summed E-state index contributed by atoms with van der Waals surface area (Å²) in [5.74, 6) is -0.0585. The van der Waals surface area contributed by atoms with Crippen LogP contribution in [0.1, 0.15) is 30.5 Å². The number of aliphatic hydroxyl groups excluding tert-OH is 1. The Hall–Kier alpha value is -3.95. The van der Waals surface area contributed by atoms with Gasteiger partial charge < -0.3 is 29.7 Å². The fraction of sp³-hybridized carbons (Fsp3) is 0.375. The van der Waals surface area contributed by atoms with Gasteiger partial charge in [-0.1, -0.05) is 35.3 Å². The van der Waals surface area contributed by atoms with Crippen LogP contribution in [0.4, 0.5) is 4.79 Å². The number of carbonyl (C=O) groups is 2. The lowest BCUT2D eigenvalue weighted by molar-refractivity contribution is -0.124. The van der Waals surface area contributed by atoms with Gasteiger partial charge in [0.25, 0.3) is 0 Å². The molecule has 0 aliphatic carbocycles. The highest BCUT2D eigenvalue weighted by molar-refractivity contribution is 7.89. The largest absolute Gasteiger partial charge is 0.487 e. The predicted molar refractivity (Wildman–Crippen MR) is 178 cm³/mol. The number of nitrogens with zero attached hydrogens (tertiary/aromatic N) is 5. The first-order valence-corrected chi connectivity index (χ1v) is 17.6. The average molecular weight is 718 g/mol. The summed E-state index contributed by atoms with van der Waals surface area (Å²) in [6.07, 6.45) is 4.23. The maximum atomic E-state index is 14.0. The van der Waals surface area contributed by atoms with Crippen LogP contribution in [0.5, 0.6) is 5.75 Å². The molecule has 0 spiro atoms. The number of hydrogen-bond donors (Lipinski definition) is 3. The van der Waals surface area contributed by atoms with Crippen molar-refractivity contribution in [3.8, 4) is 11.4 Å². The summed E-state index contributed by atoms with van der Waals surface area (Å²) >= 11 is 13.3. The maximum Gasteiger partial charge on any atom is 0.407 e. The number of hydrogen-bond acceptors (Lipinski definition) is 8. The zero-order chi connectivity index (χ0) is 34.2. The summed E-state index contributed by atoms with van der Waals surface area (Å²) in [7, 11) is -4.38. The molecule has 2 atom stereocenters. The minimum absolute atomic E-state index is 0.0486. The Morgan fingerprint density at radius 2 is 1.92 bits per heavy atom. The van der Waals surface area contributed by atoms with E-state index in [0.29, 0.717) is 37.2 Å². The van der Waals surface area contributed by atoms with Crippen molar-refractivity contribution in [2.75, 3.05) is 26.2 Å². The second kappa shape index (κ2) is 13.9.